The van der Waals surface area contributed by atoms with Gasteiger partial charge >= 0.3 is 5.97 Å². The third kappa shape index (κ3) is 3.20. The van der Waals surface area contributed by atoms with Crippen molar-refractivity contribution in [2.75, 3.05) is 6.61 Å². The van der Waals surface area contributed by atoms with Crippen molar-refractivity contribution in [2.24, 2.45) is 0 Å². The molecule has 3 nitrogen and oxygen atoms in total. The third-order valence-corrected chi connectivity index (χ3v) is 1.59. The van der Waals surface area contributed by atoms with Crippen LogP contribution in [-0.2, 0) is 4.74 Å². The summed E-state index contributed by atoms with van der Waals surface area (Å²) >= 11 is 5.71. The van der Waals surface area contributed by atoms with Gasteiger partial charge < -0.3 is 4.74 Å². The first-order valence-corrected chi connectivity index (χ1v) is 3.90. The Morgan fingerprint density at radius 2 is 2.38 bits per heavy atom. The molecule has 0 spiro atoms. The van der Waals surface area contributed by atoms with Gasteiger partial charge in [-0.1, -0.05) is 11.6 Å². The molecule has 0 saturated carbocycles. The minimum Gasteiger partial charge on any atom is -0.462 e. The molecule has 0 aliphatic carbocycles. The molecule has 0 amide bonds. The minimum atomic E-state index is -0.435. The quantitative estimate of drug-likeness (QED) is 0.721. The summed E-state index contributed by atoms with van der Waals surface area (Å²) in [6, 6.07) is 1.55. The van der Waals surface area contributed by atoms with Gasteiger partial charge in [-0.15, -0.1) is 12.4 Å². The topological polar surface area (TPSA) is 39.2 Å². The second-order valence-corrected chi connectivity index (χ2v) is 2.48. The maximum atomic E-state index is 11.1. The maximum absolute atomic E-state index is 11.1. The third-order valence-electron chi connectivity index (χ3n) is 1.26. The Labute approximate surface area is 87.5 Å². The van der Waals surface area contributed by atoms with Crippen molar-refractivity contribution in [3.8, 4) is 0 Å². The highest BCUT2D eigenvalue weighted by atomic mass is 35.5. The molecular weight excluding hydrogens is 213 g/mol. The van der Waals surface area contributed by atoms with Crippen LogP contribution in [0.15, 0.2) is 18.5 Å². The number of esters is 1. The van der Waals surface area contributed by atoms with Gasteiger partial charge in [-0.25, -0.2) is 4.79 Å². The van der Waals surface area contributed by atoms with Gasteiger partial charge in [0.05, 0.1) is 17.2 Å². The Kier molecular flexibility index (Phi) is 5.42. The van der Waals surface area contributed by atoms with Crippen LogP contribution in [0.3, 0.4) is 0 Å². The summed E-state index contributed by atoms with van der Waals surface area (Å²) in [5, 5.41) is 0.364. The van der Waals surface area contributed by atoms with Crippen LogP contribution in [0, 0.1) is 0 Å². The fourth-order valence-electron chi connectivity index (χ4n) is 0.737. The number of aromatic nitrogens is 1. The van der Waals surface area contributed by atoms with E-state index in [0.29, 0.717) is 17.2 Å². The normalized spacial score (nSPS) is 8.77. The zero-order valence-electron chi connectivity index (χ0n) is 6.99. The second kappa shape index (κ2) is 5.78. The lowest BCUT2D eigenvalue weighted by Crippen LogP contribution is -2.05. The van der Waals surface area contributed by atoms with E-state index in [-0.39, 0.29) is 12.4 Å². The summed E-state index contributed by atoms with van der Waals surface area (Å²) in [4.78, 5) is 14.9. The standard InChI is InChI=1S/C8H8ClNO2.ClH/c1-2-12-8(11)6-5-10-4-3-7(6)9;/h3-5H,2H2,1H3;1H. The molecule has 1 aromatic heterocycles. The van der Waals surface area contributed by atoms with E-state index in [1.807, 2.05) is 0 Å². The van der Waals surface area contributed by atoms with Crippen molar-refractivity contribution in [1.29, 1.82) is 0 Å². The number of carbonyl (C=O) groups is 1. The molecule has 0 aliphatic heterocycles. The Balaban J connectivity index is 0.00000144. The molecule has 0 atom stereocenters. The van der Waals surface area contributed by atoms with Crippen LogP contribution in [0.4, 0.5) is 0 Å². The van der Waals surface area contributed by atoms with Crippen LogP contribution in [-0.4, -0.2) is 17.6 Å². The molecule has 0 unspecified atom stereocenters. The molecule has 0 aromatic carbocycles. The van der Waals surface area contributed by atoms with E-state index in [4.69, 9.17) is 16.3 Å². The molecule has 1 aromatic rings. The number of hydrogen-bond donors (Lipinski definition) is 0. The van der Waals surface area contributed by atoms with Gasteiger partial charge in [0.2, 0.25) is 0 Å². The van der Waals surface area contributed by atoms with E-state index < -0.39 is 5.97 Å². The fourth-order valence-corrected chi connectivity index (χ4v) is 0.919. The van der Waals surface area contributed by atoms with E-state index in [1.54, 1.807) is 13.0 Å². The number of pyridine rings is 1. The van der Waals surface area contributed by atoms with E-state index in [9.17, 15) is 4.79 Å². The number of nitrogens with zero attached hydrogens (tertiary/aromatic N) is 1. The Morgan fingerprint density at radius 3 is 2.92 bits per heavy atom. The number of hydrogen-bond acceptors (Lipinski definition) is 3. The van der Waals surface area contributed by atoms with E-state index in [2.05, 4.69) is 4.98 Å². The number of carbonyl (C=O) groups excluding carboxylic acids is 1. The molecule has 0 bridgehead atoms. The van der Waals surface area contributed by atoms with Crippen molar-refractivity contribution in [3.63, 3.8) is 0 Å². The van der Waals surface area contributed by atoms with Crippen LogP contribution in [0.1, 0.15) is 17.3 Å². The van der Waals surface area contributed by atoms with Crippen LogP contribution in [0.25, 0.3) is 0 Å². The van der Waals surface area contributed by atoms with Crippen molar-refractivity contribution in [2.45, 2.75) is 6.92 Å². The van der Waals surface area contributed by atoms with Crippen molar-refractivity contribution >= 4 is 30.0 Å². The molecule has 13 heavy (non-hydrogen) atoms. The first kappa shape index (κ1) is 12.2. The van der Waals surface area contributed by atoms with Gasteiger partial charge in [-0.3, -0.25) is 4.98 Å². The maximum Gasteiger partial charge on any atom is 0.341 e. The molecule has 72 valence electrons. The number of ether oxygens (including phenoxy) is 1. The van der Waals surface area contributed by atoms with Crippen LogP contribution in [0.5, 0.6) is 0 Å². The van der Waals surface area contributed by atoms with Gasteiger partial charge in [0.1, 0.15) is 0 Å². The van der Waals surface area contributed by atoms with Gasteiger partial charge in [-0.2, -0.15) is 0 Å². The summed E-state index contributed by atoms with van der Waals surface area (Å²) in [5.41, 5.74) is 0.306. The Bertz CT molecular complexity index is 291. The molecule has 0 saturated heterocycles. The largest absolute Gasteiger partial charge is 0.462 e. The minimum absolute atomic E-state index is 0. The summed E-state index contributed by atoms with van der Waals surface area (Å²) in [6.07, 6.45) is 2.91. The molecular formula is C8H9Cl2NO2. The van der Waals surface area contributed by atoms with Crippen LogP contribution >= 0.6 is 24.0 Å². The average Bonchev–Trinajstić information content (AvgIpc) is 2.05. The highest BCUT2D eigenvalue weighted by molar-refractivity contribution is 6.33. The lowest BCUT2D eigenvalue weighted by Gasteiger charge is -2.01. The molecule has 0 N–H and O–H groups in total. The SMILES string of the molecule is CCOC(=O)c1cnccc1Cl.Cl. The number of halogens is 2. The molecule has 1 heterocycles. The monoisotopic (exact) mass is 221 g/mol. The Hall–Kier alpha value is -0.800. The molecule has 0 aliphatic rings. The predicted molar refractivity (Wildman–Crippen MR) is 52.5 cm³/mol. The molecule has 0 fully saturated rings. The Morgan fingerprint density at radius 1 is 1.69 bits per heavy atom. The summed E-state index contributed by atoms with van der Waals surface area (Å²) in [7, 11) is 0. The first-order chi connectivity index (χ1) is 5.75. The average molecular weight is 222 g/mol. The van der Waals surface area contributed by atoms with Gasteiger partial charge in [0, 0.05) is 12.4 Å². The summed E-state index contributed by atoms with van der Waals surface area (Å²) in [5.74, 6) is -0.435. The highest BCUT2D eigenvalue weighted by Crippen LogP contribution is 2.14. The predicted octanol–water partition coefficient (Wildman–Crippen LogP) is 2.33. The molecule has 1 rings (SSSR count). The lowest BCUT2D eigenvalue weighted by molar-refractivity contribution is 0.0526. The summed E-state index contributed by atoms with van der Waals surface area (Å²) < 4.78 is 4.75. The van der Waals surface area contributed by atoms with Crippen molar-refractivity contribution in [3.05, 3.63) is 29.0 Å². The van der Waals surface area contributed by atoms with Gasteiger partial charge in [-0.05, 0) is 13.0 Å². The lowest BCUT2D eigenvalue weighted by atomic mass is 10.3. The molecule has 0 radical (unpaired) electrons. The second-order valence-electron chi connectivity index (χ2n) is 2.08. The van der Waals surface area contributed by atoms with Gasteiger partial charge in [0.25, 0.3) is 0 Å². The van der Waals surface area contributed by atoms with Crippen LogP contribution < -0.4 is 0 Å². The van der Waals surface area contributed by atoms with Crippen molar-refractivity contribution in [1.82, 2.24) is 4.98 Å². The van der Waals surface area contributed by atoms with Crippen LogP contribution in [0.2, 0.25) is 5.02 Å². The van der Waals surface area contributed by atoms with Gasteiger partial charge in [0.15, 0.2) is 0 Å². The fraction of sp³-hybridized carbons (Fsp3) is 0.250. The van der Waals surface area contributed by atoms with Crippen molar-refractivity contribution < 1.29 is 9.53 Å². The zero-order chi connectivity index (χ0) is 8.97. The van der Waals surface area contributed by atoms with E-state index in [1.165, 1.54) is 12.4 Å². The smallest absolute Gasteiger partial charge is 0.341 e. The summed E-state index contributed by atoms with van der Waals surface area (Å²) in [6.45, 7) is 2.08. The number of rotatable bonds is 2. The molecule has 5 heteroatoms. The zero-order valence-corrected chi connectivity index (χ0v) is 8.56. The van der Waals surface area contributed by atoms with E-state index in [0.717, 1.165) is 0 Å². The first-order valence-electron chi connectivity index (χ1n) is 3.52. The van der Waals surface area contributed by atoms with E-state index >= 15 is 0 Å². The highest BCUT2D eigenvalue weighted by Gasteiger charge is 2.09.